The van der Waals surface area contributed by atoms with Gasteiger partial charge >= 0.3 is 5.97 Å². The first-order chi connectivity index (χ1) is 5.99. The van der Waals surface area contributed by atoms with Crippen LogP contribution in [0, 0.1) is 0 Å². The summed E-state index contributed by atoms with van der Waals surface area (Å²) in [5.41, 5.74) is -0.391. The van der Waals surface area contributed by atoms with E-state index >= 15 is 0 Å². The van der Waals surface area contributed by atoms with E-state index in [1.807, 2.05) is 20.8 Å². The summed E-state index contributed by atoms with van der Waals surface area (Å²) in [6.07, 6.45) is 0.965. The minimum absolute atomic E-state index is 0.324. The van der Waals surface area contributed by atoms with E-state index in [0.717, 1.165) is 6.42 Å². The van der Waals surface area contributed by atoms with Gasteiger partial charge in [-0.15, -0.1) is 0 Å². The molecule has 1 saturated heterocycles. The minimum Gasteiger partial charge on any atom is -0.464 e. The van der Waals surface area contributed by atoms with Crippen LogP contribution >= 0.6 is 0 Å². The average Bonchev–Trinajstić information content (AvgIpc) is 2.01. The molecule has 0 N–H and O–H groups in total. The number of rotatable bonds is 2. The van der Waals surface area contributed by atoms with Crippen LogP contribution in [0.5, 0.6) is 0 Å². The van der Waals surface area contributed by atoms with Gasteiger partial charge in [0.25, 0.3) is 0 Å². The topological polar surface area (TPSA) is 44.8 Å². The minimum atomic E-state index is -0.548. The van der Waals surface area contributed by atoms with Gasteiger partial charge in [0, 0.05) is 0 Å². The second kappa shape index (κ2) is 4.07. The van der Waals surface area contributed by atoms with E-state index in [1.165, 1.54) is 0 Å². The van der Waals surface area contributed by atoms with Crippen LogP contribution in [-0.2, 0) is 19.3 Å². The zero-order chi connectivity index (χ0) is 9.90. The number of cyclic esters (lactones) is 1. The van der Waals surface area contributed by atoms with Crippen LogP contribution in [0.15, 0.2) is 0 Å². The van der Waals surface area contributed by atoms with Crippen LogP contribution in [0.2, 0.25) is 0 Å². The van der Waals surface area contributed by atoms with E-state index in [4.69, 9.17) is 14.5 Å². The largest absolute Gasteiger partial charge is 0.464 e. The van der Waals surface area contributed by atoms with Gasteiger partial charge < -0.3 is 4.74 Å². The van der Waals surface area contributed by atoms with Crippen LogP contribution in [0.4, 0.5) is 0 Å². The molecule has 76 valence electrons. The van der Waals surface area contributed by atoms with Crippen molar-refractivity contribution in [2.75, 3.05) is 6.61 Å². The van der Waals surface area contributed by atoms with Crippen molar-refractivity contribution in [2.45, 2.75) is 45.3 Å². The van der Waals surface area contributed by atoms with Crippen molar-refractivity contribution in [1.29, 1.82) is 0 Å². The molecule has 1 unspecified atom stereocenters. The van der Waals surface area contributed by atoms with Crippen LogP contribution in [-0.4, -0.2) is 24.3 Å². The molecule has 1 aliphatic rings. The van der Waals surface area contributed by atoms with E-state index < -0.39 is 11.7 Å². The van der Waals surface area contributed by atoms with Gasteiger partial charge in [-0.2, -0.15) is 0 Å². The second-order valence-electron chi connectivity index (χ2n) is 4.09. The maximum absolute atomic E-state index is 11.1. The fourth-order valence-corrected chi connectivity index (χ4v) is 0.942. The molecule has 0 aromatic carbocycles. The van der Waals surface area contributed by atoms with Crippen molar-refractivity contribution < 1.29 is 19.3 Å². The van der Waals surface area contributed by atoms with Crippen molar-refractivity contribution >= 4 is 5.97 Å². The van der Waals surface area contributed by atoms with E-state index in [2.05, 4.69) is 0 Å². The highest BCUT2D eigenvalue weighted by molar-refractivity contribution is 5.75. The number of esters is 1. The molecule has 0 spiro atoms. The lowest BCUT2D eigenvalue weighted by Gasteiger charge is -2.24. The van der Waals surface area contributed by atoms with Crippen molar-refractivity contribution in [3.8, 4) is 0 Å². The van der Waals surface area contributed by atoms with Gasteiger partial charge in [-0.05, 0) is 33.6 Å². The molecule has 1 rings (SSSR count). The summed E-state index contributed by atoms with van der Waals surface area (Å²) >= 11 is 0. The third-order valence-corrected chi connectivity index (χ3v) is 1.53. The molecule has 0 bridgehead atoms. The van der Waals surface area contributed by atoms with Gasteiger partial charge in [-0.3, -0.25) is 0 Å². The van der Waals surface area contributed by atoms with Crippen molar-refractivity contribution in [1.82, 2.24) is 0 Å². The molecule has 13 heavy (non-hydrogen) atoms. The van der Waals surface area contributed by atoms with Crippen LogP contribution in [0.25, 0.3) is 0 Å². The first-order valence-corrected chi connectivity index (χ1v) is 4.50. The Morgan fingerprint density at radius 1 is 1.46 bits per heavy atom. The third-order valence-electron chi connectivity index (χ3n) is 1.53. The van der Waals surface area contributed by atoms with Gasteiger partial charge in [0.05, 0.1) is 12.2 Å². The fraction of sp³-hybridized carbons (Fsp3) is 0.889. The quantitative estimate of drug-likeness (QED) is 0.373. The molecule has 0 saturated carbocycles. The lowest BCUT2D eigenvalue weighted by atomic mass is 10.2. The van der Waals surface area contributed by atoms with Gasteiger partial charge in [0.1, 0.15) is 0 Å². The molecule has 1 aliphatic heterocycles. The Morgan fingerprint density at radius 3 is 2.69 bits per heavy atom. The number of carbonyl (C=O) groups is 1. The normalized spacial score (nSPS) is 24.2. The highest BCUT2D eigenvalue weighted by atomic mass is 17.2. The van der Waals surface area contributed by atoms with Gasteiger partial charge in [-0.25, -0.2) is 14.6 Å². The van der Waals surface area contributed by atoms with Crippen molar-refractivity contribution in [3.63, 3.8) is 0 Å². The Balaban J connectivity index is 2.31. The first kappa shape index (κ1) is 10.5. The standard InChI is InChI=1S/C9H16O4/c1-9(2,3)13-12-7-5-4-6-11-8(7)10/h7H,4-6H2,1-3H3. The molecule has 0 amide bonds. The predicted molar refractivity (Wildman–Crippen MR) is 45.9 cm³/mol. The molecule has 0 radical (unpaired) electrons. The van der Waals surface area contributed by atoms with E-state index in [9.17, 15) is 4.79 Å². The van der Waals surface area contributed by atoms with Gasteiger partial charge in [-0.1, -0.05) is 0 Å². The smallest absolute Gasteiger partial charge is 0.338 e. The molecule has 1 heterocycles. The van der Waals surface area contributed by atoms with Crippen molar-refractivity contribution in [3.05, 3.63) is 0 Å². The Kier molecular flexibility index (Phi) is 3.27. The summed E-state index contributed by atoms with van der Waals surface area (Å²) in [5, 5.41) is 0. The summed E-state index contributed by atoms with van der Waals surface area (Å²) in [6.45, 7) is 6.08. The SMILES string of the molecule is CC(C)(C)OOC1CCCOC1=O. The summed E-state index contributed by atoms with van der Waals surface area (Å²) in [7, 11) is 0. The lowest BCUT2D eigenvalue weighted by molar-refractivity contribution is -0.371. The molecule has 0 aromatic heterocycles. The number of hydrogen-bond donors (Lipinski definition) is 0. The number of hydrogen-bond acceptors (Lipinski definition) is 4. The maximum atomic E-state index is 11.1. The molecular formula is C9H16O4. The van der Waals surface area contributed by atoms with Crippen molar-refractivity contribution in [2.24, 2.45) is 0 Å². The number of carbonyl (C=O) groups excluding carboxylic acids is 1. The Hall–Kier alpha value is -0.610. The summed E-state index contributed by atoms with van der Waals surface area (Å²) in [6, 6.07) is 0. The Bertz CT molecular complexity index is 183. The summed E-state index contributed by atoms with van der Waals surface area (Å²) in [4.78, 5) is 21.1. The summed E-state index contributed by atoms with van der Waals surface area (Å²) < 4.78 is 4.81. The molecule has 0 aliphatic carbocycles. The zero-order valence-corrected chi connectivity index (χ0v) is 8.33. The van der Waals surface area contributed by atoms with Crippen LogP contribution in [0.1, 0.15) is 33.6 Å². The summed E-state index contributed by atoms with van der Waals surface area (Å²) in [5.74, 6) is -0.324. The second-order valence-corrected chi connectivity index (χ2v) is 4.09. The first-order valence-electron chi connectivity index (χ1n) is 4.50. The molecule has 1 fully saturated rings. The van der Waals surface area contributed by atoms with Gasteiger partial charge in [0.2, 0.25) is 0 Å². The zero-order valence-electron chi connectivity index (χ0n) is 8.33. The fourth-order valence-electron chi connectivity index (χ4n) is 0.942. The third kappa shape index (κ3) is 3.74. The molecule has 1 atom stereocenters. The van der Waals surface area contributed by atoms with Crippen LogP contribution in [0.3, 0.4) is 0 Å². The molecule has 4 heteroatoms. The lowest BCUT2D eigenvalue weighted by Crippen LogP contribution is -2.34. The maximum Gasteiger partial charge on any atom is 0.338 e. The molecule has 0 aromatic rings. The molecule has 4 nitrogen and oxygen atoms in total. The Labute approximate surface area is 78.1 Å². The van der Waals surface area contributed by atoms with E-state index in [0.29, 0.717) is 13.0 Å². The highest BCUT2D eigenvalue weighted by Crippen LogP contribution is 2.15. The predicted octanol–water partition coefficient (Wildman–Crippen LogP) is 1.44. The van der Waals surface area contributed by atoms with E-state index in [-0.39, 0.29) is 5.97 Å². The monoisotopic (exact) mass is 188 g/mol. The van der Waals surface area contributed by atoms with Crippen LogP contribution < -0.4 is 0 Å². The average molecular weight is 188 g/mol. The van der Waals surface area contributed by atoms with Gasteiger partial charge in [0.15, 0.2) is 6.10 Å². The Morgan fingerprint density at radius 2 is 2.15 bits per heavy atom. The highest BCUT2D eigenvalue weighted by Gasteiger charge is 2.27. The number of ether oxygens (including phenoxy) is 1. The molecular weight excluding hydrogens is 172 g/mol. The van der Waals surface area contributed by atoms with E-state index in [1.54, 1.807) is 0 Å².